The van der Waals surface area contributed by atoms with Crippen molar-refractivity contribution < 1.29 is 9.90 Å². The van der Waals surface area contributed by atoms with Gasteiger partial charge in [-0.2, -0.15) is 0 Å². The van der Waals surface area contributed by atoms with Gasteiger partial charge in [-0.3, -0.25) is 0 Å². The van der Waals surface area contributed by atoms with Crippen LogP contribution in [0.3, 0.4) is 0 Å². The first-order chi connectivity index (χ1) is 11.6. The molecule has 1 heterocycles. The SMILES string of the molecule is CCCC(N)c1nc2ccccc2n1Cc1ccccc1C(=O)O. The number of aromatic nitrogens is 2. The molecule has 5 heteroatoms. The summed E-state index contributed by atoms with van der Waals surface area (Å²) in [5, 5.41) is 9.42. The van der Waals surface area contributed by atoms with Gasteiger partial charge in [-0.25, -0.2) is 9.78 Å². The Kier molecular flexibility index (Phi) is 4.62. The molecule has 0 saturated carbocycles. The Balaban J connectivity index is 2.11. The molecule has 2 aromatic carbocycles. The summed E-state index contributed by atoms with van der Waals surface area (Å²) in [6.45, 7) is 2.53. The maximum Gasteiger partial charge on any atom is 0.336 e. The van der Waals surface area contributed by atoms with Crippen LogP contribution in [-0.4, -0.2) is 20.6 Å². The summed E-state index contributed by atoms with van der Waals surface area (Å²) in [7, 11) is 0. The summed E-state index contributed by atoms with van der Waals surface area (Å²) in [5.74, 6) is -0.118. The van der Waals surface area contributed by atoms with Gasteiger partial charge in [0.25, 0.3) is 0 Å². The van der Waals surface area contributed by atoms with E-state index in [-0.39, 0.29) is 6.04 Å². The molecule has 0 aliphatic rings. The van der Waals surface area contributed by atoms with Crippen LogP contribution in [0.5, 0.6) is 0 Å². The number of carboxylic acid groups (broad SMARTS) is 1. The summed E-state index contributed by atoms with van der Waals surface area (Å²) in [6, 6.07) is 14.7. The van der Waals surface area contributed by atoms with E-state index in [1.54, 1.807) is 12.1 Å². The molecule has 0 bridgehead atoms. The van der Waals surface area contributed by atoms with Crippen molar-refractivity contribution >= 4 is 17.0 Å². The van der Waals surface area contributed by atoms with Crippen molar-refractivity contribution in [3.8, 4) is 0 Å². The minimum atomic E-state index is -0.922. The number of rotatable bonds is 6. The zero-order chi connectivity index (χ0) is 17.1. The number of hydrogen-bond donors (Lipinski definition) is 2. The van der Waals surface area contributed by atoms with E-state index >= 15 is 0 Å². The van der Waals surface area contributed by atoms with Gasteiger partial charge in [0, 0.05) is 0 Å². The predicted octanol–water partition coefficient (Wildman–Crippen LogP) is 3.58. The maximum atomic E-state index is 11.5. The fraction of sp³-hybridized carbons (Fsp3) is 0.263. The van der Waals surface area contributed by atoms with Crippen molar-refractivity contribution in [2.45, 2.75) is 32.4 Å². The number of hydrogen-bond acceptors (Lipinski definition) is 3. The first-order valence-corrected chi connectivity index (χ1v) is 8.13. The zero-order valence-corrected chi connectivity index (χ0v) is 13.6. The van der Waals surface area contributed by atoms with Crippen LogP contribution >= 0.6 is 0 Å². The molecular weight excluding hydrogens is 302 g/mol. The van der Waals surface area contributed by atoms with E-state index < -0.39 is 5.97 Å². The first-order valence-electron chi connectivity index (χ1n) is 8.13. The Labute approximate surface area is 140 Å². The quantitative estimate of drug-likeness (QED) is 0.726. The molecule has 0 radical (unpaired) electrons. The Morgan fingerprint density at radius 3 is 2.67 bits per heavy atom. The smallest absolute Gasteiger partial charge is 0.336 e. The molecular formula is C19H21N3O2. The van der Waals surface area contributed by atoms with E-state index in [9.17, 15) is 9.90 Å². The Morgan fingerprint density at radius 1 is 1.21 bits per heavy atom. The van der Waals surface area contributed by atoms with Gasteiger partial charge >= 0.3 is 5.97 Å². The summed E-state index contributed by atoms with van der Waals surface area (Å²) >= 11 is 0. The molecule has 24 heavy (non-hydrogen) atoms. The lowest BCUT2D eigenvalue weighted by molar-refractivity contribution is 0.0695. The van der Waals surface area contributed by atoms with Crippen molar-refractivity contribution in [2.75, 3.05) is 0 Å². The van der Waals surface area contributed by atoms with Gasteiger partial charge in [0.15, 0.2) is 0 Å². The highest BCUT2D eigenvalue weighted by molar-refractivity contribution is 5.89. The number of benzene rings is 2. The molecule has 1 atom stereocenters. The van der Waals surface area contributed by atoms with Crippen LogP contribution in [0, 0.1) is 0 Å². The highest BCUT2D eigenvalue weighted by atomic mass is 16.4. The molecule has 0 fully saturated rings. The lowest BCUT2D eigenvalue weighted by Gasteiger charge is -2.15. The third-order valence-corrected chi connectivity index (χ3v) is 4.19. The number of carbonyl (C=O) groups is 1. The molecule has 0 saturated heterocycles. The molecule has 0 amide bonds. The van der Waals surface area contributed by atoms with E-state index in [1.165, 1.54) is 0 Å². The van der Waals surface area contributed by atoms with Crippen molar-refractivity contribution in [3.05, 3.63) is 65.5 Å². The van der Waals surface area contributed by atoms with Gasteiger partial charge in [0.2, 0.25) is 0 Å². The van der Waals surface area contributed by atoms with Crippen molar-refractivity contribution in [3.63, 3.8) is 0 Å². The lowest BCUT2D eigenvalue weighted by atomic mass is 10.1. The number of aromatic carboxylic acids is 1. The Bertz CT molecular complexity index is 870. The molecule has 5 nitrogen and oxygen atoms in total. The molecule has 0 aliphatic carbocycles. The number of carboxylic acids is 1. The van der Waals surface area contributed by atoms with Crippen LogP contribution in [0.1, 0.15) is 47.6 Å². The van der Waals surface area contributed by atoms with Crippen LogP contribution in [0.15, 0.2) is 48.5 Å². The number of imidazole rings is 1. The number of fused-ring (bicyclic) bond motifs is 1. The topological polar surface area (TPSA) is 81.1 Å². The highest BCUT2D eigenvalue weighted by Crippen LogP contribution is 2.24. The van der Waals surface area contributed by atoms with Gasteiger partial charge in [-0.15, -0.1) is 0 Å². The monoisotopic (exact) mass is 323 g/mol. The van der Waals surface area contributed by atoms with Crippen molar-refractivity contribution in [2.24, 2.45) is 5.73 Å². The average molecular weight is 323 g/mol. The summed E-state index contributed by atoms with van der Waals surface area (Å²) in [4.78, 5) is 16.2. The van der Waals surface area contributed by atoms with E-state index in [1.807, 2.05) is 41.0 Å². The van der Waals surface area contributed by atoms with Crippen LogP contribution in [0.4, 0.5) is 0 Å². The Hall–Kier alpha value is -2.66. The third-order valence-electron chi connectivity index (χ3n) is 4.19. The van der Waals surface area contributed by atoms with E-state index in [0.717, 1.165) is 35.3 Å². The molecule has 3 aromatic rings. The second kappa shape index (κ2) is 6.84. The van der Waals surface area contributed by atoms with E-state index in [2.05, 4.69) is 6.92 Å². The van der Waals surface area contributed by atoms with Crippen molar-refractivity contribution in [1.82, 2.24) is 9.55 Å². The Morgan fingerprint density at radius 2 is 1.92 bits per heavy atom. The van der Waals surface area contributed by atoms with Crippen LogP contribution in [0.25, 0.3) is 11.0 Å². The summed E-state index contributed by atoms with van der Waals surface area (Å²) < 4.78 is 2.04. The van der Waals surface area contributed by atoms with Crippen LogP contribution in [-0.2, 0) is 6.54 Å². The second-order valence-corrected chi connectivity index (χ2v) is 5.90. The third kappa shape index (κ3) is 3.03. The minimum absolute atomic E-state index is 0.167. The number of nitrogens with zero attached hydrogens (tertiary/aromatic N) is 2. The van der Waals surface area contributed by atoms with Gasteiger partial charge in [0.1, 0.15) is 5.82 Å². The molecule has 0 aliphatic heterocycles. The molecule has 0 spiro atoms. The number of nitrogens with two attached hydrogens (primary N) is 1. The van der Waals surface area contributed by atoms with Gasteiger partial charge in [0.05, 0.1) is 29.2 Å². The van der Waals surface area contributed by atoms with Crippen LogP contribution < -0.4 is 5.73 Å². The normalized spacial score (nSPS) is 12.4. The van der Waals surface area contributed by atoms with Gasteiger partial charge in [-0.05, 0) is 30.2 Å². The standard InChI is InChI=1S/C19H21N3O2/c1-2-7-15(20)18-21-16-10-5-6-11-17(16)22(18)12-13-8-3-4-9-14(13)19(23)24/h3-6,8-11,15H,2,7,12,20H2,1H3,(H,23,24). The van der Waals surface area contributed by atoms with E-state index in [4.69, 9.17) is 10.7 Å². The van der Waals surface area contributed by atoms with Crippen molar-refractivity contribution in [1.29, 1.82) is 0 Å². The number of para-hydroxylation sites is 2. The first kappa shape index (κ1) is 16.2. The summed E-state index contributed by atoms with van der Waals surface area (Å²) in [5.41, 5.74) is 9.23. The zero-order valence-electron chi connectivity index (χ0n) is 13.6. The molecule has 1 aromatic heterocycles. The van der Waals surface area contributed by atoms with E-state index in [0.29, 0.717) is 12.1 Å². The lowest BCUT2D eigenvalue weighted by Crippen LogP contribution is -2.18. The van der Waals surface area contributed by atoms with Crippen LogP contribution in [0.2, 0.25) is 0 Å². The molecule has 124 valence electrons. The van der Waals surface area contributed by atoms with Gasteiger partial charge < -0.3 is 15.4 Å². The molecule has 3 N–H and O–H groups in total. The fourth-order valence-corrected chi connectivity index (χ4v) is 3.02. The van der Waals surface area contributed by atoms with Gasteiger partial charge in [-0.1, -0.05) is 43.7 Å². The minimum Gasteiger partial charge on any atom is -0.478 e. The molecule has 1 unspecified atom stereocenters. The largest absolute Gasteiger partial charge is 0.478 e. The maximum absolute atomic E-state index is 11.5. The second-order valence-electron chi connectivity index (χ2n) is 5.90. The highest BCUT2D eigenvalue weighted by Gasteiger charge is 2.18. The average Bonchev–Trinajstić information content (AvgIpc) is 2.94. The molecule has 3 rings (SSSR count). The summed E-state index contributed by atoms with van der Waals surface area (Å²) in [6.07, 6.45) is 1.81. The fourth-order valence-electron chi connectivity index (χ4n) is 3.02. The predicted molar refractivity (Wildman–Crippen MR) is 94.1 cm³/mol.